The zero-order valence-electron chi connectivity index (χ0n) is 14.6. The number of carbonyl (C=O) groups excluding carboxylic acids is 1. The van der Waals surface area contributed by atoms with Gasteiger partial charge >= 0.3 is 5.97 Å². The summed E-state index contributed by atoms with van der Waals surface area (Å²) >= 11 is 0. The Bertz CT molecular complexity index is 746. The van der Waals surface area contributed by atoms with Gasteiger partial charge in [0.1, 0.15) is 5.76 Å². The van der Waals surface area contributed by atoms with Gasteiger partial charge in [0, 0.05) is 19.7 Å². The molecule has 8 heteroatoms. The van der Waals surface area contributed by atoms with Gasteiger partial charge < -0.3 is 23.6 Å². The van der Waals surface area contributed by atoms with Gasteiger partial charge in [-0.15, -0.1) is 0 Å². The molecular formula is C18H22N2O6. The van der Waals surface area contributed by atoms with Crippen molar-refractivity contribution in [2.24, 2.45) is 0 Å². The predicted molar refractivity (Wildman–Crippen MR) is 90.5 cm³/mol. The number of ether oxygens (including phenoxy) is 1. The van der Waals surface area contributed by atoms with Crippen LogP contribution in [0.1, 0.15) is 30.7 Å². The van der Waals surface area contributed by atoms with Crippen LogP contribution in [0, 0.1) is 6.92 Å². The Kier molecular flexibility index (Phi) is 5.72. The molecule has 140 valence electrons. The van der Waals surface area contributed by atoms with E-state index in [1.54, 1.807) is 24.0 Å². The Morgan fingerprint density at radius 3 is 2.92 bits per heavy atom. The van der Waals surface area contributed by atoms with Crippen molar-refractivity contribution < 1.29 is 28.3 Å². The second-order valence-electron chi connectivity index (χ2n) is 6.29. The number of hydrogen-bond acceptors (Lipinski definition) is 6. The predicted octanol–water partition coefficient (Wildman–Crippen LogP) is 2.27. The number of oxazole rings is 1. The highest BCUT2D eigenvalue weighted by Gasteiger charge is 2.25. The highest BCUT2D eigenvalue weighted by molar-refractivity contribution is 5.79. The molecule has 26 heavy (non-hydrogen) atoms. The molecule has 0 aromatic carbocycles. The molecule has 1 N–H and O–H groups in total. The average Bonchev–Trinajstić information content (AvgIpc) is 3.34. The van der Waals surface area contributed by atoms with E-state index in [0.717, 1.165) is 12.8 Å². The Balaban J connectivity index is 1.68. The van der Waals surface area contributed by atoms with Gasteiger partial charge in [0.25, 0.3) is 5.89 Å². The lowest BCUT2D eigenvalue weighted by atomic mass is 10.2. The summed E-state index contributed by atoms with van der Waals surface area (Å²) in [5, 5.41) is 8.94. The van der Waals surface area contributed by atoms with E-state index in [1.807, 2.05) is 0 Å². The molecule has 1 fully saturated rings. The molecule has 2 aromatic heterocycles. The fourth-order valence-electron chi connectivity index (χ4n) is 2.94. The third-order valence-electron chi connectivity index (χ3n) is 4.34. The molecule has 0 saturated carbocycles. The minimum atomic E-state index is -0.937. The molecule has 1 saturated heterocycles. The van der Waals surface area contributed by atoms with Crippen LogP contribution in [0.4, 0.5) is 0 Å². The molecule has 1 atom stereocenters. The van der Waals surface area contributed by atoms with E-state index in [-0.39, 0.29) is 31.4 Å². The number of aryl methyl sites for hydroxylation is 1. The molecule has 1 aliphatic heterocycles. The van der Waals surface area contributed by atoms with Crippen molar-refractivity contribution in [3.05, 3.63) is 29.9 Å². The Morgan fingerprint density at radius 1 is 1.42 bits per heavy atom. The molecule has 8 nitrogen and oxygen atoms in total. The van der Waals surface area contributed by atoms with E-state index < -0.39 is 5.97 Å². The van der Waals surface area contributed by atoms with Gasteiger partial charge in [-0.2, -0.15) is 0 Å². The van der Waals surface area contributed by atoms with E-state index in [0.29, 0.717) is 36.3 Å². The molecule has 0 radical (unpaired) electrons. The fraction of sp³-hybridized carbons (Fsp3) is 0.500. The topological polar surface area (TPSA) is 106 Å². The summed E-state index contributed by atoms with van der Waals surface area (Å²) in [6.45, 7) is 2.97. The first kappa shape index (κ1) is 18.2. The summed E-state index contributed by atoms with van der Waals surface area (Å²) in [7, 11) is 0. The van der Waals surface area contributed by atoms with Crippen LogP contribution in [0.2, 0.25) is 0 Å². The number of aromatic nitrogens is 1. The Morgan fingerprint density at radius 2 is 2.27 bits per heavy atom. The van der Waals surface area contributed by atoms with Gasteiger partial charge in [0.2, 0.25) is 5.91 Å². The van der Waals surface area contributed by atoms with Crippen molar-refractivity contribution in [1.82, 2.24) is 9.88 Å². The summed E-state index contributed by atoms with van der Waals surface area (Å²) in [5.41, 5.74) is 0.522. The fourth-order valence-corrected chi connectivity index (χ4v) is 2.94. The second-order valence-corrected chi connectivity index (χ2v) is 6.29. The van der Waals surface area contributed by atoms with E-state index in [9.17, 15) is 9.59 Å². The monoisotopic (exact) mass is 362 g/mol. The number of carbonyl (C=O) groups is 2. The van der Waals surface area contributed by atoms with Gasteiger partial charge in [0.05, 0.1) is 30.9 Å². The number of amides is 1. The van der Waals surface area contributed by atoms with E-state index >= 15 is 0 Å². The third-order valence-corrected chi connectivity index (χ3v) is 4.34. The summed E-state index contributed by atoms with van der Waals surface area (Å²) in [6, 6.07) is 3.46. The molecule has 0 spiro atoms. The summed E-state index contributed by atoms with van der Waals surface area (Å²) in [4.78, 5) is 29.5. The first-order valence-corrected chi connectivity index (χ1v) is 8.64. The number of rotatable bonds is 8. The second kappa shape index (κ2) is 8.18. The lowest BCUT2D eigenvalue weighted by Gasteiger charge is -2.24. The molecular weight excluding hydrogens is 340 g/mol. The largest absolute Gasteiger partial charge is 0.481 e. The van der Waals surface area contributed by atoms with Crippen LogP contribution in [0.15, 0.2) is 27.2 Å². The van der Waals surface area contributed by atoms with Crippen LogP contribution >= 0.6 is 0 Å². The molecule has 1 amide bonds. The normalized spacial score (nSPS) is 16.7. The lowest BCUT2D eigenvalue weighted by molar-refractivity contribution is -0.139. The quantitative estimate of drug-likeness (QED) is 0.768. The van der Waals surface area contributed by atoms with Gasteiger partial charge in [-0.1, -0.05) is 0 Å². The smallest absolute Gasteiger partial charge is 0.305 e. The maximum atomic E-state index is 12.7. The molecule has 2 aromatic rings. The molecule has 0 aliphatic carbocycles. The van der Waals surface area contributed by atoms with Crippen LogP contribution in [-0.4, -0.2) is 52.7 Å². The van der Waals surface area contributed by atoms with Crippen molar-refractivity contribution >= 4 is 11.9 Å². The first-order valence-electron chi connectivity index (χ1n) is 8.64. The number of furan rings is 1. The minimum absolute atomic E-state index is 0.0372. The highest BCUT2D eigenvalue weighted by Crippen LogP contribution is 2.23. The van der Waals surface area contributed by atoms with Crippen LogP contribution < -0.4 is 0 Å². The van der Waals surface area contributed by atoms with Gasteiger partial charge in [-0.05, 0) is 31.9 Å². The lowest BCUT2D eigenvalue weighted by Crippen LogP contribution is -2.39. The first-order chi connectivity index (χ1) is 12.5. The SMILES string of the molecule is Cc1oc(-c2ccco2)nc1CC(=O)N(CCC(=O)O)CC1CCCO1. The molecule has 0 bridgehead atoms. The van der Waals surface area contributed by atoms with E-state index in [2.05, 4.69) is 4.98 Å². The average molecular weight is 362 g/mol. The van der Waals surface area contributed by atoms with Crippen molar-refractivity contribution in [3.8, 4) is 11.7 Å². The van der Waals surface area contributed by atoms with E-state index in [4.69, 9.17) is 18.7 Å². The Labute approximate surface area is 150 Å². The van der Waals surface area contributed by atoms with Crippen LogP contribution in [0.3, 0.4) is 0 Å². The zero-order valence-corrected chi connectivity index (χ0v) is 14.6. The van der Waals surface area contributed by atoms with Crippen molar-refractivity contribution in [2.75, 3.05) is 19.7 Å². The van der Waals surface area contributed by atoms with E-state index in [1.165, 1.54) is 6.26 Å². The maximum absolute atomic E-state index is 12.7. The van der Waals surface area contributed by atoms with Crippen molar-refractivity contribution in [3.63, 3.8) is 0 Å². The number of carboxylic acids is 1. The maximum Gasteiger partial charge on any atom is 0.305 e. The number of aliphatic carboxylic acids is 1. The van der Waals surface area contributed by atoms with Gasteiger partial charge in [-0.3, -0.25) is 9.59 Å². The standard InChI is InChI=1S/C18H22N2O6/c1-12-14(19-18(26-12)15-5-3-9-25-15)10-16(21)20(7-6-17(22)23)11-13-4-2-8-24-13/h3,5,9,13H,2,4,6-8,10-11H2,1H3,(H,22,23). The summed E-state index contributed by atoms with van der Waals surface area (Å²) < 4.78 is 16.4. The van der Waals surface area contributed by atoms with Gasteiger partial charge in [0.15, 0.2) is 5.76 Å². The summed E-state index contributed by atoms with van der Waals surface area (Å²) in [5.74, 6) is 0.234. The molecule has 3 rings (SSSR count). The van der Waals surface area contributed by atoms with Crippen LogP contribution in [0.25, 0.3) is 11.7 Å². The highest BCUT2D eigenvalue weighted by atomic mass is 16.5. The molecule has 1 unspecified atom stereocenters. The van der Waals surface area contributed by atoms with Crippen LogP contribution in [0.5, 0.6) is 0 Å². The number of hydrogen-bond donors (Lipinski definition) is 1. The van der Waals surface area contributed by atoms with Crippen LogP contribution in [-0.2, 0) is 20.7 Å². The van der Waals surface area contributed by atoms with Crippen molar-refractivity contribution in [1.29, 1.82) is 0 Å². The molecule has 3 heterocycles. The number of nitrogens with zero attached hydrogens (tertiary/aromatic N) is 2. The minimum Gasteiger partial charge on any atom is -0.481 e. The summed E-state index contributed by atoms with van der Waals surface area (Å²) in [6.07, 6.45) is 3.26. The van der Waals surface area contributed by atoms with Crippen molar-refractivity contribution in [2.45, 2.75) is 38.7 Å². The Hall–Kier alpha value is -2.61. The number of carboxylic acid groups (broad SMARTS) is 1. The molecule has 1 aliphatic rings. The zero-order chi connectivity index (χ0) is 18.5. The van der Waals surface area contributed by atoms with Gasteiger partial charge in [-0.25, -0.2) is 4.98 Å². The third kappa shape index (κ3) is 4.51.